The van der Waals surface area contributed by atoms with Crippen LogP contribution in [0.4, 0.5) is 0 Å². The van der Waals surface area contributed by atoms with Crippen LogP contribution in [-0.4, -0.2) is 48.9 Å². The van der Waals surface area contributed by atoms with Crippen molar-refractivity contribution in [2.75, 3.05) is 13.2 Å². The maximum Gasteiger partial charge on any atom is 0.272 e. The first-order valence-corrected chi connectivity index (χ1v) is 8.79. The topological polar surface area (TPSA) is 86.0 Å². The maximum absolute atomic E-state index is 12.8. The minimum absolute atomic E-state index is 0.00914. The van der Waals surface area contributed by atoms with Crippen molar-refractivity contribution in [3.63, 3.8) is 0 Å². The summed E-state index contributed by atoms with van der Waals surface area (Å²) in [6.45, 7) is 1.84. The number of ether oxygens (including phenoxy) is 1. The first-order valence-electron chi connectivity index (χ1n) is 8.79. The van der Waals surface area contributed by atoms with E-state index in [0.29, 0.717) is 32.0 Å². The SMILES string of the molecule is Cn1nnc2c1[C@@H](COCc1ccccn1)CN(C(=O)c1ccccn1)C2. The Labute approximate surface area is 156 Å². The molecule has 0 spiro atoms. The van der Waals surface area contributed by atoms with Crippen LogP contribution in [0, 0.1) is 0 Å². The van der Waals surface area contributed by atoms with Gasteiger partial charge in [-0.25, -0.2) is 0 Å². The first kappa shape index (κ1) is 17.3. The highest BCUT2D eigenvalue weighted by Gasteiger charge is 2.33. The number of aromatic nitrogens is 5. The summed E-state index contributed by atoms with van der Waals surface area (Å²) in [6, 6.07) is 11.1. The zero-order valence-corrected chi connectivity index (χ0v) is 15.0. The largest absolute Gasteiger partial charge is 0.374 e. The molecule has 0 saturated carbocycles. The van der Waals surface area contributed by atoms with Gasteiger partial charge in [-0.1, -0.05) is 17.3 Å². The van der Waals surface area contributed by atoms with Crippen LogP contribution in [0.25, 0.3) is 0 Å². The summed E-state index contributed by atoms with van der Waals surface area (Å²) in [6.07, 6.45) is 3.37. The van der Waals surface area contributed by atoms with Crippen molar-refractivity contribution in [2.24, 2.45) is 7.05 Å². The Balaban J connectivity index is 1.49. The minimum atomic E-state index is -0.110. The van der Waals surface area contributed by atoms with Gasteiger partial charge in [0.15, 0.2) is 0 Å². The third-order valence-electron chi connectivity index (χ3n) is 4.58. The number of pyridine rings is 2. The van der Waals surface area contributed by atoms with Gasteiger partial charge in [-0.05, 0) is 24.3 Å². The van der Waals surface area contributed by atoms with Gasteiger partial charge in [-0.2, -0.15) is 0 Å². The van der Waals surface area contributed by atoms with E-state index < -0.39 is 0 Å². The van der Waals surface area contributed by atoms with Crippen LogP contribution in [0.1, 0.15) is 33.5 Å². The monoisotopic (exact) mass is 364 g/mol. The van der Waals surface area contributed by atoms with Crippen molar-refractivity contribution in [3.8, 4) is 0 Å². The Morgan fingerprint density at radius 1 is 1.19 bits per heavy atom. The second-order valence-corrected chi connectivity index (χ2v) is 6.48. The van der Waals surface area contributed by atoms with Gasteiger partial charge < -0.3 is 9.64 Å². The van der Waals surface area contributed by atoms with E-state index in [9.17, 15) is 4.79 Å². The van der Waals surface area contributed by atoms with Gasteiger partial charge in [-0.3, -0.25) is 19.4 Å². The molecule has 0 aromatic carbocycles. The molecule has 0 N–H and O–H groups in total. The summed E-state index contributed by atoms with van der Waals surface area (Å²) >= 11 is 0. The number of nitrogens with zero attached hydrogens (tertiary/aromatic N) is 6. The van der Waals surface area contributed by atoms with Crippen LogP contribution >= 0.6 is 0 Å². The van der Waals surface area contributed by atoms with Crippen molar-refractivity contribution < 1.29 is 9.53 Å². The highest BCUT2D eigenvalue weighted by Crippen LogP contribution is 2.27. The van der Waals surface area contributed by atoms with Crippen LogP contribution in [0.15, 0.2) is 48.8 Å². The molecule has 1 amide bonds. The molecule has 138 valence electrons. The Bertz CT molecular complexity index is 912. The Morgan fingerprint density at radius 2 is 2.00 bits per heavy atom. The summed E-state index contributed by atoms with van der Waals surface area (Å²) in [5, 5.41) is 8.36. The van der Waals surface area contributed by atoms with Crippen LogP contribution in [0.3, 0.4) is 0 Å². The van der Waals surface area contributed by atoms with E-state index in [1.54, 1.807) is 34.1 Å². The third-order valence-corrected chi connectivity index (χ3v) is 4.58. The van der Waals surface area contributed by atoms with Gasteiger partial charge in [0.2, 0.25) is 0 Å². The molecule has 3 aromatic heterocycles. The summed E-state index contributed by atoms with van der Waals surface area (Å²) in [5.74, 6) is -0.119. The van der Waals surface area contributed by atoms with E-state index in [1.165, 1.54) is 0 Å². The third kappa shape index (κ3) is 3.70. The second kappa shape index (κ2) is 7.63. The van der Waals surface area contributed by atoms with Gasteiger partial charge in [0.25, 0.3) is 5.91 Å². The van der Waals surface area contributed by atoms with E-state index >= 15 is 0 Å². The Hall–Kier alpha value is -3.13. The molecule has 0 unspecified atom stereocenters. The molecule has 4 heterocycles. The number of hydrogen-bond donors (Lipinski definition) is 0. The number of amides is 1. The minimum Gasteiger partial charge on any atom is -0.374 e. The van der Waals surface area contributed by atoms with Gasteiger partial charge in [0, 0.05) is 31.9 Å². The molecule has 4 rings (SSSR count). The van der Waals surface area contributed by atoms with E-state index in [1.807, 2.05) is 31.3 Å². The predicted molar refractivity (Wildman–Crippen MR) is 96.6 cm³/mol. The number of fused-ring (bicyclic) bond motifs is 1. The van der Waals surface area contributed by atoms with E-state index in [4.69, 9.17) is 4.74 Å². The van der Waals surface area contributed by atoms with Gasteiger partial charge in [0.1, 0.15) is 11.4 Å². The van der Waals surface area contributed by atoms with Crippen molar-refractivity contribution >= 4 is 5.91 Å². The van der Waals surface area contributed by atoms with Crippen LogP contribution in [0.2, 0.25) is 0 Å². The zero-order valence-electron chi connectivity index (χ0n) is 15.0. The van der Waals surface area contributed by atoms with Crippen molar-refractivity contribution in [1.82, 2.24) is 29.9 Å². The van der Waals surface area contributed by atoms with E-state index in [-0.39, 0.29) is 11.8 Å². The average molecular weight is 364 g/mol. The van der Waals surface area contributed by atoms with Crippen molar-refractivity contribution in [2.45, 2.75) is 19.1 Å². The fraction of sp³-hybridized carbons (Fsp3) is 0.316. The molecule has 8 nitrogen and oxygen atoms in total. The van der Waals surface area contributed by atoms with Crippen molar-refractivity contribution in [3.05, 3.63) is 71.6 Å². The van der Waals surface area contributed by atoms with Gasteiger partial charge in [-0.15, -0.1) is 5.10 Å². The van der Waals surface area contributed by atoms with Gasteiger partial charge in [0.05, 0.1) is 31.1 Å². The van der Waals surface area contributed by atoms with Crippen LogP contribution in [0.5, 0.6) is 0 Å². The molecule has 0 fully saturated rings. The Morgan fingerprint density at radius 3 is 2.74 bits per heavy atom. The number of hydrogen-bond acceptors (Lipinski definition) is 6. The van der Waals surface area contributed by atoms with Crippen LogP contribution in [-0.2, 0) is 24.9 Å². The number of aryl methyl sites for hydroxylation is 1. The molecule has 1 atom stereocenters. The summed E-state index contributed by atoms with van der Waals surface area (Å²) in [7, 11) is 1.87. The fourth-order valence-electron chi connectivity index (χ4n) is 3.34. The first-order chi connectivity index (χ1) is 13.2. The maximum atomic E-state index is 12.8. The lowest BCUT2D eigenvalue weighted by Crippen LogP contribution is -2.40. The van der Waals surface area contributed by atoms with Crippen molar-refractivity contribution in [1.29, 1.82) is 0 Å². The molecule has 8 heteroatoms. The zero-order chi connectivity index (χ0) is 18.6. The highest BCUT2D eigenvalue weighted by molar-refractivity contribution is 5.92. The van der Waals surface area contributed by atoms with Crippen LogP contribution < -0.4 is 0 Å². The normalized spacial score (nSPS) is 16.2. The lowest BCUT2D eigenvalue weighted by molar-refractivity contribution is 0.0598. The molecule has 1 aliphatic rings. The molecular weight excluding hydrogens is 344 g/mol. The lowest BCUT2D eigenvalue weighted by atomic mass is 9.98. The molecule has 0 bridgehead atoms. The smallest absolute Gasteiger partial charge is 0.272 e. The fourth-order valence-corrected chi connectivity index (χ4v) is 3.34. The lowest BCUT2D eigenvalue weighted by Gasteiger charge is -2.32. The standard InChI is InChI=1S/C19H20N6O2/c1-24-18-14(12-27-13-15-6-2-4-8-20-15)10-25(11-17(18)22-23-24)19(26)16-7-3-5-9-21-16/h2-9,14H,10-13H2,1H3/t14-/m1/s1. The van der Waals surface area contributed by atoms with E-state index in [2.05, 4.69) is 20.3 Å². The van der Waals surface area contributed by atoms with Gasteiger partial charge >= 0.3 is 0 Å². The summed E-state index contributed by atoms with van der Waals surface area (Å²) in [4.78, 5) is 23.0. The molecule has 1 aliphatic heterocycles. The van der Waals surface area contributed by atoms with E-state index in [0.717, 1.165) is 17.1 Å². The molecule has 0 saturated heterocycles. The second-order valence-electron chi connectivity index (χ2n) is 6.48. The Kier molecular flexibility index (Phi) is 4.88. The number of rotatable bonds is 5. The molecular formula is C19H20N6O2. The average Bonchev–Trinajstić information content (AvgIpc) is 3.10. The predicted octanol–water partition coefficient (Wildman–Crippen LogP) is 1.56. The number of carbonyl (C=O) groups excluding carboxylic acids is 1. The summed E-state index contributed by atoms with van der Waals surface area (Å²) < 4.78 is 7.66. The molecule has 0 radical (unpaired) electrons. The quantitative estimate of drug-likeness (QED) is 0.683. The molecule has 0 aliphatic carbocycles. The molecule has 3 aromatic rings. The summed E-state index contributed by atoms with van der Waals surface area (Å²) in [5.41, 5.74) is 3.12. The molecule has 27 heavy (non-hydrogen) atoms. The highest BCUT2D eigenvalue weighted by atomic mass is 16.5. The number of carbonyl (C=O) groups is 1.